The van der Waals surface area contributed by atoms with Crippen LogP contribution < -0.4 is 20.5 Å². The molecule has 0 heterocycles. The SMILES string of the molecule is COc1cccc(OC)c1C(=O)NC1CCCC1N. The number of carbonyl (C=O) groups is 1. The highest BCUT2D eigenvalue weighted by Crippen LogP contribution is 2.28. The van der Waals surface area contributed by atoms with Crippen LogP contribution in [-0.4, -0.2) is 32.2 Å². The van der Waals surface area contributed by atoms with Crippen LogP contribution in [0.2, 0.25) is 0 Å². The second kappa shape index (κ2) is 5.93. The standard InChI is InChI=1S/C14H20N2O3/c1-18-11-7-4-8-12(19-2)13(11)14(17)16-10-6-3-5-9(10)15/h4,7-10H,3,5-6,15H2,1-2H3,(H,16,17). The fourth-order valence-corrected chi connectivity index (χ4v) is 2.48. The van der Waals surface area contributed by atoms with Gasteiger partial charge in [-0.3, -0.25) is 4.79 Å². The number of ether oxygens (including phenoxy) is 2. The van der Waals surface area contributed by atoms with E-state index in [1.165, 1.54) is 14.2 Å². The Morgan fingerprint density at radius 2 is 1.89 bits per heavy atom. The molecule has 104 valence electrons. The van der Waals surface area contributed by atoms with Gasteiger partial charge in [-0.05, 0) is 31.4 Å². The zero-order chi connectivity index (χ0) is 13.8. The van der Waals surface area contributed by atoms with Gasteiger partial charge in [0.1, 0.15) is 17.1 Å². The largest absolute Gasteiger partial charge is 0.496 e. The molecule has 1 fully saturated rings. The van der Waals surface area contributed by atoms with Crippen molar-refractivity contribution >= 4 is 5.91 Å². The summed E-state index contributed by atoms with van der Waals surface area (Å²) in [6.07, 6.45) is 2.92. The number of hydrogen-bond donors (Lipinski definition) is 2. The van der Waals surface area contributed by atoms with Crippen molar-refractivity contribution < 1.29 is 14.3 Å². The summed E-state index contributed by atoms with van der Waals surface area (Å²) in [5.41, 5.74) is 6.39. The zero-order valence-electron chi connectivity index (χ0n) is 11.3. The van der Waals surface area contributed by atoms with Gasteiger partial charge in [-0.15, -0.1) is 0 Å². The van der Waals surface area contributed by atoms with E-state index >= 15 is 0 Å². The number of nitrogens with one attached hydrogen (secondary N) is 1. The Morgan fingerprint density at radius 1 is 1.26 bits per heavy atom. The molecule has 0 bridgehead atoms. The van der Waals surface area contributed by atoms with Crippen molar-refractivity contribution in [3.63, 3.8) is 0 Å². The fourth-order valence-electron chi connectivity index (χ4n) is 2.48. The van der Waals surface area contributed by atoms with E-state index in [1.807, 2.05) is 0 Å². The van der Waals surface area contributed by atoms with Gasteiger partial charge in [0, 0.05) is 12.1 Å². The van der Waals surface area contributed by atoms with Crippen LogP contribution in [0.4, 0.5) is 0 Å². The predicted octanol–water partition coefficient (Wildman–Crippen LogP) is 1.31. The van der Waals surface area contributed by atoms with Crippen LogP contribution in [0.15, 0.2) is 18.2 Å². The average Bonchev–Trinajstić information content (AvgIpc) is 2.83. The molecule has 1 amide bonds. The smallest absolute Gasteiger partial charge is 0.259 e. The fraction of sp³-hybridized carbons (Fsp3) is 0.500. The normalized spacial score (nSPS) is 22.1. The van der Waals surface area contributed by atoms with E-state index < -0.39 is 0 Å². The second-order valence-corrected chi connectivity index (χ2v) is 4.71. The Morgan fingerprint density at radius 3 is 2.37 bits per heavy atom. The van der Waals surface area contributed by atoms with Gasteiger partial charge in [0.25, 0.3) is 5.91 Å². The van der Waals surface area contributed by atoms with E-state index in [9.17, 15) is 4.79 Å². The summed E-state index contributed by atoms with van der Waals surface area (Å²) in [6.45, 7) is 0. The van der Waals surface area contributed by atoms with Crippen molar-refractivity contribution in [1.29, 1.82) is 0 Å². The van der Waals surface area contributed by atoms with Gasteiger partial charge < -0.3 is 20.5 Å². The van der Waals surface area contributed by atoms with Crippen molar-refractivity contribution in [2.24, 2.45) is 5.73 Å². The minimum Gasteiger partial charge on any atom is -0.496 e. The Kier molecular flexibility index (Phi) is 4.27. The molecular formula is C14H20N2O3. The van der Waals surface area contributed by atoms with E-state index in [4.69, 9.17) is 15.2 Å². The molecule has 0 spiro atoms. The minimum atomic E-state index is -0.198. The summed E-state index contributed by atoms with van der Waals surface area (Å²) in [5, 5.41) is 2.97. The maximum absolute atomic E-state index is 12.4. The van der Waals surface area contributed by atoms with Crippen LogP contribution in [0.5, 0.6) is 11.5 Å². The Labute approximate surface area is 113 Å². The molecule has 1 aliphatic carbocycles. The van der Waals surface area contributed by atoms with Crippen LogP contribution in [0.25, 0.3) is 0 Å². The van der Waals surface area contributed by atoms with Crippen LogP contribution in [0, 0.1) is 0 Å². The molecule has 19 heavy (non-hydrogen) atoms. The first-order chi connectivity index (χ1) is 9.17. The van der Waals surface area contributed by atoms with Gasteiger partial charge in [0.15, 0.2) is 0 Å². The van der Waals surface area contributed by atoms with E-state index in [-0.39, 0.29) is 18.0 Å². The first-order valence-electron chi connectivity index (χ1n) is 6.44. The predicted molar refractivity (Wildman–Crippen MR) is 72.6 cm³/mol. The van der Waals surface area contributed by atoms with E-state index in [1.54, 1.807) is 18.2 Å². The molecule has 1 aromatic rings. The summed E-state index contributed by atoms with van der Waals surface area (Å²) < 4.78 is 10.5. The van der Waals surface area contributed by atoms with Crippen LogP contribution >= 0.6 is 0 Å². The van der Waals surface area contributed by atoms with Crippen LogP contribution in [0.1, 0.15) is 29.6 Å². The monoisotopic (exact) mass is 264 g/mol. The zero-order valence-corrected chi connectivity index (χ0v) is 11.3. The summed E-state index contributed by atoms with van der Waals surface area (Å²) in [5.74, 6) is 0.809. The third-order valence-electron chi connectivity index (χ3n) is 3.54. The molecule has 5 nitrogen and oxygen atoms in total. The highest BCUT2D eigenvalue weighted by Gasteiger charge is 2.27. The summed E-state index contributed by atoms with van der Waals surface area (Å²) in [4.78, 5) is 12.4. The topological polar surface area (TPSA) is 73.6 Å². The molecule has 2 rings (SSSR count). The molecule has 0 saturated heterocycles. The molecule has 3 N–H and O–H groups in total. The van der Waals surface area contributed by atoms with Crippen molar-refractivity contribution in [3.8, 4) is 11.5 Å². The third kappa shape index (κ3) is 2.81. The lowest BCUT2D eigenvalue weighted by Crippen LogP contribution is -2.44. The minimum absolute atomic E-state index is 0.0297. The van der Waals surface area contributed by atoms with E-state index in [2.05, 4.69) is 5.32 Å². The molecule has 0 radical (unpaired) electrons. The van der Waals surface area contributed by atoms with Gasteiger partial charge in [0.05, 0.1) is 14.2 Å². The third-order valence-corrected chi connectivity index (χ3v) is 3.54. The molecule has 0 aromatic heterocycles. The first kappa shape index (κ1) is 13.7. The lowest BCUT2D eigenvalue weighted by Gasteiger charge is -2.19. The lowest BCUT2D eigenvalue weighted by atomic mass is 10.1. The molecule has 5 heteroatoms. The molecule has 2 atom stereocenters. The molecule has 1 aliphatic rings. The Bertz CT molecular complexity index is 440. The number of nitrogens with two attached hydrogens (primary N) is 1. The summed E-state index contributed by atoms with van der Waals surface area (Å²) in [6, 6.07) is 5.33. The maximum Gasteiger partial charge on any atom is 0.259 e. The molecule has 1 saturated carbocycles. The number of methoxy groups -OCH3 is 2. The Hall–Kier alpha value is -1.75. The number of benzene rings is 1. The molecular weight excluding hydrogens is 244 g/mol. The second-order valence-electron chi connectivity index (χ2n) is 4.71. The quantitative estimate of drug-likeness (QED) is 0.860. The lowest BCUT2D eigenvalue weighted by molar-refractivity contribution is 0.0928. The van der Waals surface area contributed by atoms with Gasteiger partial charge in [0.2, 0.25) is 0 Å². The summed E-state index contributed by atoms with van der Waals surface area (Å²) >= 11 is 0. The molecule has 1 aromatic carbocycles. The van der Waals surface area contributed by atoms with E-state index in [0.29, 0.717) is 17.1 Å². The van der Waals surface area contributed by atoms with Crippen LogP contribution in [-0.2, 0) is 0 Å². The van der Waals surface area contributed by atoms with Gasteiger partial charge >= 0.3 is 0 Å². The molecule has 2 unspecified atom stereocenters. The number of carbonyl (C=O) groups excluding carboxylic acids is 1. The number of rotatable bonds is 4. The first-order valence-corrected chi connectivity index (χ1v) is 6.44. The maximum atomic E-state index is 12.4. The van der Waals surface area contributed by atoms with Gasteiger partial charge in [-0.2, -0.15) is 0 Å². The van der Waals surface area contributed by atoms with Crippen molar-refractivity contribution in [3.05, 3.63) is 23.8 Å². The van der Waals surface area contributed by atoms with Crippen molar-refractivity contribution in [2.45, 2.75) is 31.3 Å². The van der Waals surface area contributed by atoms with Crippen molar-refractivity contribution in [2.75, 3.05) is 14.2 Å². The van der Waals surface area contributed by atoms with Gasteiger partial charge in [-0.1, -0.05) is 6.07 Å². The Balaban J connectivity index is 2.22. The highest BCUT2D eigenvalue weighted by molar-refractivity contribution is 6.00. The highest BCUT2D eigenvalue weighted by atomic mass is 16.5. The van der Waals surface area contributed by atoms with E-state index in [0.717, 1.165) is 19.3 Å². The molecule has 0 aliphatic heterocycles. The van der Waals surface area contributed by atoms with Crippen molar-refractivity contribution in [1.82, 2.24) is 5.32 Å². The average molecular weight is 264 g/mol. The van der Waals surface area contributed by atoms with Crippen LogP contribution in [0.3, 0.4) is 0 Å². The van der Waals surface area contributed by atoms with Gasteiger partial charge in [-0.25, -0.2) is 0 Å². The number of amides is 1. The summed E-state index contributed by atoms with van der Waals surface area (Å²) in [7, 11) is 3.07. The number of hydrogen-bond acceptors (Lipinski definition) is 4.